The molecule has 1 aromatic carbocycles. The zero-order chi connectivity index (χ0) is 18.0. The molecular formula is C19H26N2O3S. The summed E-state index contributed by atoms with van der Waals surface area (Å²) in [4.78, 5) is 16.2. The second kappa shape index (κ2) is 7.20. The zero-order valence-electron chi connectivity index (χ0n) is 15.1. The third-order valence-electron chi connectivity index (χ3n) is 4.61. The Labute approximate surface area is 154 Å². The average molecular weight is 362 g/mol. The molecule has 0 spiro atoms. The molecule has 0 aromatic heterocycles. The third-order valence-corrected chi connectivity index (χ3v) is 4.93. The van der Waals surface area contributed by atoms with E-state index in [0.29, 0.717) is 30.9 Å². The number of hydrogen-bond acceptors (Lipinski definition) is 4. The molecule has 6 heteroatoms. The van der Waals surface area contributed by atoms with Crippen LogP contribution in [-0.4, -0.2) is 52.4 Å². The number of hydrogen-bond donors (Lipinski definition) is 0. The second-order valence-electron chi connectivity index (χ2n) is 7.61. The molecule has 1 amide bonds. The van der Waals surface area contributed by atoms with E-state index in [4.69, 9.17) is 21.7 Å². The summed E-state index contributed by atoms with van der Waals surface area (Å²) in [6, 6.07) is 10.8. The van der Waals surface area contributed by atoms with Crippen molar-refractivity contribution < 1.29 is 14.3 Å². The first-order chi connectivity index (χ1) is 11.8. The molecule has 1 atom stereocenters. The van der Waals surface area contributed by atoms with E-state index in [1.807, 2.05) is 39.0 Å². The summed E-state index contributed by atoms with van der Waals surface area (Å²) in [5, 5.41) is 0.574. The minimum absolute atomic E-state index is 0.159. The Hall–Kier alpha value is -1.82. The van der Waals surface area contributed by atoms with Gasteiger partial charge in [-0.05, 0) is 51.4 Å². The van der Waals surface area contributed by atoms with E-state index < -0.39 is 5.60 Å². The summed E-state index contributed by atoms with van der Waals surface area (Å²) < 4.78 is 11.2. The summed E-state index contributed by atoms with van der Waals surface area (Å²) >= 11 is 5.45. The lowest BCUT2D eigenvalue weighted by Crippen LogP contribution is -2.48. The lowest BCUT2D eigenvalue weighted by molar-refractivity contribution is 0.0167. The second-order valence-corrected chi connectivity index (χ2v) is 7.96. The van der Waals surface area contributed by atoms with Gasteiger partial charge in [0.1, 0.15) is 12.2 Å². The quantitative estimate of drug-likeness (QED) is 0.750. The first-order valence-electron chi connectivity index (χ1n) is 8.83. The van der Waals surface area contributed by atoms with Crippen LogP contribution >= 0.6 is 12.2 Å². The van der Waals surface area contributed by atoms with Crippen molar-refractivity contribution in [2.75, 3.05) is 19.7 Å². The van der Waals surface area contributed by atoms with Crippen LogP contribution in [0.3, 0.4) is 0 Å². The van der Waals surface area contributed by atoms with Crippen molar-refractivity contribution in [1.29, 1.82) is 0 Å². The molecule has 2 fully saturated rings. The molecule has 5 nitrogen and oxygen atoms in total. The fourth-order valence-corrected chi connectivity index (χ4v) is 3.77. The fraction of sp³-hybridized carbons (Fsp3) is 0.579. The Balaban J connectivity index is 1.63. The molecule has 1 aromatic rings. The summed E-state index contributed by atoms with van der Waals surface area (Å²) in [6.45, 7) is 7.63. The molecule has 3 rings (SSSR count). The summed E-state index contributed by atoms with van der Waals surface area (Å²) in [5.41, 5.74) is 0.758. The third kappa shape index (κ3) is 4.24. The Bertz CT molecular complexity index is 621. The highest BCUT2D eigenvalue weighted by molar-refractivity contribution is 7.80. The number of likely N-dealkylation sites (tertiary alicyclic amines) is 1. The number of thiocarbonyl (C=S) groups is 1. The van der Waals surface area contributed by atoms with Crippen molar-refractivity contribution in [3.05, 3.63) is 35.9 Å². The van der Waals surface area contributed by atoms with Gasteiger partial charge >= 0.3 is 6.09 Å². The Kier molecular flexibility index (Phi) is 5.18. The first kappa shape index (κ1) is 18.0. The van der Waals surface area contributed by atoms with E-state index in [9.17, 15) is 4.79 Å². The number of carbonyl (C=O) groups excluding carboxylic acids is 1. The monoisotopic (exact) mass is 362 g/mol. The number of ether oxygens (including phenoxy) is 2. The number of amides is 1. The number of rotatable bonds is 2. The van der Waals surface area contributed by atoms with Crippen molar-refractivity contribution in [1.82, 2.24) is 9.80 Å². The topological polar surface area (TPSA) is 42.0 Å². The van der Waals surface area contributed by atoms with Crippen LogP contribution in [0.15, 0.2) is 30.3 Å². The SMILES string of the molecule is CC(C)(C)OC(=O)N1CCC(N2C(=S)OC[C@H]2c2ccccc2)CC1. The minimum atomic E-state index is -0.462. The first-order valence-corrected chi connectivity index (χ1v) is 9.24. The van der Waals surface area contributed by atoms with Crippen LogP contribution < -0.4 is 0 Å². The Morgan fingerprint density at radius 3 is 2.44 bits per heavy atom. The van der Waals surface area contributed by atoms with Gasteiger partial charge in [0.05, 0.1) is 6.04 Å². The molecule has 2 aliphatic heterocycles. The molecule has 2 heterocycles. The van der Waals surface area contributed by atoms with E-state index in [-0.39, 0.29) is 12.1 Å². The number of carbonyl (C=O) groups is 1. The Morgan fingerprint density at radius 1 is 1.20 bits per heavy atom. The van der Waals surface area contributed by atoms with Gasteiger partial charge < -0.3 is 19.3 Å². The normalized spacial score (nSPS) is 22.0. The van der Waals surface area contributed by atoms with Crippen molar-refractivity contribution in [3.8, 4) is 0 Å². The molecule has 25 heavy (non-hydrogen) atoms. The maximum Gasteiger partial charge on any atom is 0.410 e. The molecule has 0 bridgehead atoms. The van der Waals surface area contributed by atoms with Crippen LogP contribution in [0.1, 0.15) is 45.2 Å². The van der Waals surface area contributed by atoms with Gasteiger partial charge in [-0.3, -0.25) is 0 Å². The summed E-state index contributed by atoms with van der Waals surface area (Å²) in [7, 11) is 0. The lowest BCUT2D eigenvalue weighted by Gasteiger charge is -2.39. The van der Waals surface area contributed by atoms with E-state index in [1.54, 1.807) is 4.90 Å². The van der Waals surface area contributed by atoms with Gasteiger partial charge in [-0.25, -0.2) is 4.79 Å². The van der Waals surface area contributed by atoms with Gasteiger partial charge in [0.15, 0.2) is 0 Å². The molecular weight excluding hydrogens is 336 g/mol. The molecule has 0 unspecified atom stereocenters. The van der Waals surface area contributed by atoms with Gasteiger partial charge in [0.2, 0.25) is 0 Å². The smallest absolute Gasteiger partial charge is 0.410 e. The van der Waals surface area contributed by atoms with Crippen LogP contribution in [0.4, 0.5) is 4.79 Å². The molecule has 2 aliphatic rings. The van der Waals surface area contributed by atoms with E-state index >= 15 is 0 Å². The number of piperidine rings is 1. The highest BCUT2D eigenvalue weighted by Crippen LogP contribution is 2.33. The van der Waals surface area contributed by atoms with Gasteiger partial charge in [0.25, 0.3) is 5.17 Å². The van der Waals surface area contributed by atoms with Crippen molar-refractivity contribution in [2.45, 2.75) is 51.3 Å². The van der Waals surface area contributed by atoms with Crippen molar-refractivity contribution >= 4 is 23.5 Å². The lowest BCUT2D eigenvalue weighted by atomic mass is 9.99. The van der Waals surface area contributed by atoms with Crippen LogP contribution in [-0.2, 0) is 9.47 Å². The van der Waals surface area contributed by atoms with Crippen LogP contribution in [0, 0.1) is 0 Å². The maximum absolute atomic E-state index is 12.2. The van der Waals surface area contributed by atoms with Gasteiger partial charge in [-0.2, -0.15) is 0 Å². The molecule has 2 saturated heterocycles. The van der Waals surface area contributed by atoms with Gasteiger partial charge in [-0.15, -0.1) is 0 Å². The van der Waals surface area contributed by atoms with Gasteiger partial charge in [-0.1, -0.05) is 30.3 Å². The molecule has 136 valence electrons. The standard InChI is InChI=1S/C19H26N2O3S/c1-19(2,3)24-17(22)20-11-9-15(10-12-20)21-16(13-23-18(21)25)14-7-5-4-6-8-14/h4-8,15-16H,9-13H2,1-3H3/t16-/m0/s1. The fourth-order valence-electron chi connectivity index (χ4n) is 3.42. The van der Waals surface area contributed by atoms with Gasteiger partial charge in [0, 0.05) is 19.1 Å². The average Bonchev–Trinajstić information content (AvgIpc) is 2.96. The van der Waals surface area contributed by atoms with E-state index in [0.717, 1.165) is 12.8 Å². The van der Waals surface area contributed by atoms with Crippen LogP contribution in [0.25, 0.3) is 0 Å². The summed E-state index contributed by atoms with van der Waals surface area (Å²) in [5.74, 6) is 0. The van der Waals surface area contributed by atoms with Crippen molar-refractivity contribution in [3.63, 3.8) is 0 Å². The minimum Gasteiger partial charge on any atom is -0.468 e. The van der Waals surface area contributed by atoms with E-state index in [1.165, 1.54) is 5.56 Å². The Morgan fingerprint density at radius 2 is 1.84 bits per heavy atom. The molecule has 0 saturated carbocycles. The van der Waals surface area contributed by atoms with Crippen LogP contribution in [0.2, 0.25) is 0 Å². The summed E-state index contributed by atoms with van der Waals surface area (Å²) in [6.07, 6.45) is 1.50. The number of nitrogens with zero attached hydrogens (tertiary/aromatic N) is 2. The highest BCUT2D eigenvalue weighted by atomic mass is 32.1. The number of benzene rings is 1. The largest absolute Gasteiger partial charge is 0.468 e. The molecule has 0 N–H and O–H groups in total. The predicted molar refractivity (Wildman–Crippen MR) is 100 cm³/mol. The highest BCUT2D eigenvalue weighted by Gasteiger charge is 2.38. The predicted octanol–water partition coefficient (Wildman–Crippen LogP) is 3.74. The zero-order valence-corrected chi connectivity index (χ0v) is 15.9. The van der Waals surface area contributed by atoms with E-state index in [2.05, 4.69) is 17.0 Å². The molecule has 0 aliphatic carbocycles. The molecule has 0 radical (unpaired) electrons. The maximum atomic E-state index is 12.2. The van der Waals surface area contributed by atoms with Crippen molar-refractivity contribution in [2.24, 2.45) is 0 Å². The van der Waals surface area contributed by atoms with Crippen LogP contribution in [0.5, 0.6) is 0 Å².